The molecule has 0 spiro atoms. The maximum Gasteiger partial charge on any atom is 0.391 e. The van der Waals surface area contributed by atoms with Crippen molar-refractivity contribution in [3.63, 3.8) is 0 Å². The first-order valence-corrected chi connectivity index (χ1v) is 9.03. The van der Waals surface area contributed by atoms with Crippen molar-refractivity contribution in [2.45, 2.75) is 58.7 Å². The van der Waals surface area contributed by atoms with Gasteiger partial charge in [0.05, 0.1) is 18.6 Å². The van der Waals surface area contributed by atoms with E-state index in [9.17, 15) is 13.2 Å². The largest absolute Gasteiger partial charge is 0.391 e. The molecule has 2 fully saturated rings. The fraction of sp³-hybridized carbons (Fsp3) is 1.00. The number of rotatable bonds is 5. The molecule has 3 nitrogen and oxygen atoms in total. The number of halogens is 3. The molecule has 2 aliphatic heterocycles. The second-order valence-corrected chi connectivity index (χ2v) is 6.54. The molecule has 0 amide bonds. The van der Waals surface area contributed by atoms with Crippen LogP contribution in [0, 0.1) is 5.92 Å². The highest BCUT2D eigenvalue weighted by atomic mass is 19.4. The summed E-state index contributed by atoms with van der Waals surface area (Å²) >= 11 is 0. The third kappa shape index (κ3) is 7.86. The summed E-state index contributed by atoms with van der Waals surface area (Å²) in [5.74, 6) is -1.10. The molecule has 2 aliphatic rings. The Labute approximate surface area is 139 Å². The Kier molecular flexibility index (Phi) is 9.47. The van der Waals surface area contributed by atoms with E-state index in [4.69, 9.17) is 4.74 Å². The molecule has 0 N–H and O–H groups in total. The van der Waals surface area contributed by atoms with Crippen molar-refractivity contribution in [3.8, 4) is 0 Å². The average molecular weight is 338 g/mol. The first kappa shape index (κ1) is 20.7. The van der Waals surface area contributed by atoms with Crippen LogP contribution in [0.15, 0.2) is 0 Å². The molecule has 0 bridgehead atoms. The van der Waals surface area contributed by atoms with E-state index >= 15 is 0 Å². The highest BCUT2D eigenvalue weighted by molar-refractivity contribution is 4.78. The Bertz CT molecular complexity index is 305. The SMILES string of the molecule is CCC.CCN1CCC(OCCN2CCC(C(F)(F)F)CC2)C1. The molecule has 0 aromatic rings. The van der Waals surface area contributed by atoms with Crippen LogP contribution in [0.2, 0.25) is 0 Å². The topological polar surface area (TPSA) is 15.7 Å². The van der Waals surface area contributed by atoms with Crippen LogP contribution in [0.25, 0.3) is 0 Å². The molecule has 6 heteroatoms. The van der Waals surface area contributed by atoms with E-state index in [2.05, 4.69) is 30.6 Å². The quantitative estimate of drug-likeness (QED) is 0.758. The van der Waals surface area contributed by atoms with Gasteiger partial charge in [-0.05, 0) is 38.9 Å². The van der Waals surface area contributed by atoms with Gasteiger partial charge in [0, 0.05) is 19.6 Å². The summed E-state index contributed by atoms with van der Waals surface area (Å²) in [7, 11) is 0. The molecule has 2 saturated heterocycles. The van der Waals surface area contributed by atoms with Crippen molar-refractivity contribution >= 4 is 0 Å². The van der Waals surface area contributed by atoms with Crippen molar-refractivity contribution in [3.05, 3.63) is 0 Å². The van der Waals surface area contributed by atoms with Gasteiger partial charge in [-0.3, -0.25) is 0 Å². The summed E-state index contributed by atoms with van der Waals surface area (Å²) in [6.45, 7) is 12.0. The molecule has 1 atom stereocenters. The third-order valence-corrected chi connectivity index (χ3v) is 4.49. The average Bonchev–Trinajstić information content (AvgIpc) is 2.96. The molecule has 0 aliphatic carbocycles. The molecule has 0 saturated carbocycles. The van der Waals surface area contributed by atoms with Crippen LogP contribution in [0.3, 0.4) is 0 Å². The van der Waals surface area contributed by atoms with Crippen LogP contribution in [-0.2, 0) is 4.74 Å². The monoisotopic (exact) mass is 338 g/mol. The molecular weight excluding hydrogens is 305 g/mol. The minimum atomic E-state index is -4.02. The first-order chi connectivity index (χ1) is 10.9. The smallest absolute Gasteiger partial charge is 0.376 e. The Hall–Kier alpha value is -0.330. The Morgan fingerprint density at radius 3 is 2.00 bits per heavy atom. The lowest BCUT2D eigenvalue weighted by Crippen LogP contribution is -2.40. The minimum Gasteiger partial charge on any atom is -0.376 e. The van der Waals surface area contributed by atoms with Crippen molar-refractivity contribution in [1.82, 2.24) is 9.80 Å². The molecule has 0 aromatic heterocycles. The van der Waals surface area contributed by atoms with Crippen molar-refractivity contribution in [2.24, 2.45) is 5.92 Å². The van der Waals surface area contributed by atoms with Crippen LogP contribution in [0.5, 0.6) is 0 Å². The van der Waals surface area contributed by atoms with E-state index in [1.807, 2.05) is 0 Å². The van der Waals surface area contributed by atoms with Crippen LogP contribution >= 0.6 is 0 Å². The van der Waals surface area contributed by atoms with Gasteiger partial charge in [0.2, 0.25) is 0 Å². The lowest BCUT2D eigenvalue weighted by Gasteiger charge is -2.32. The number of likely N-dealkylation sites (tertiary alicyclic amines) is 2. The maximum atomic E-state index is 12.5. The Balaban J connectivity index is 0.000000816. The van der Waals surface area contributed by atoms with E-state index < -0.39 is 12.1 Å². The molecule has 23 heavy (non-hydrogen) atoms. The predicted molar refractivity (Wildman–Crippen MR) is 87.7 cm³/mol. The number of likely N-dealkylation sites (N-methyl/N-ethyl adjacent to an activating group) is 1. The van der Waals surface area contributed by atoms with Gasteiger partial charge in [-0.25, -0.2) is 0 Å². The fourth-order valence-electron chi connectivity index (χ4n) is 3.05. The number of hydrogen-bond acceptors (Lipinski definition) is 3. The zero-order valence-corrected chi connectivity index (χ0v) is 14.9. The maximum absolute atomic E-state index is 12.5. The third-order valence-electron chi connectivity index (χ3n) is 4.49. The van der Waals surface area contributed by atoms with Gasteiger partial charge in [0.15, 0.2) is 0 Å². The molecule has 2 rings (SSSR count). The van der Waals surface area contributed by atoms with Crippen LogP contribution in [0.4, 0.5) is 13.2 Å². The standard InChI is InChI=1S/C14H25F3N2O.C3H8/c1-2-18-8-5-13(11-18)20-10-9-19-6-3-12(4-7-19)14(15,16)17;1-3-2/h12-13H,2-11H2,1H3;3H2,1-2H3. The zero-order chi connectivity index (χ0) is 17.3. The second kappa shape index (κ2) is 10.5. The van der Waals surface area contributed by atoms with Crippen LogP contribution in [0.1, 0.15) is 46.5 Å². The number of ether oxygens (including phenoxy) is 1. The first-order valence-electron chi connectivity index (χ1n) is 9.03. The molecular formula is C17H33F3N2O. The lowest BCUT2D eigenvalue weighted by molar-refractivity contribution is -0.185. The summed E-state index contributed by atoms with van der Waals surface area (Å²) in [6, 6.07) is 0. The molecule has 0 radical (unpaired) electrons. The zero-order valence-electron chi connectivity index (χ0n) is 14.9. The van der Waals surface area contributed by atoms with Gasteiger partial charge < -0.3 is 14.5 Å². The fourth-order valence-corrected chi connectivity index (χ4v) is 3.05. The summed E-state index contributed by atoms with van der Waals surface area (Å²) in [6.07, 6.45) is -0.921. The molecule has 138 valence electrons. The lowest BCUT2D eigenvalue weighted by atomic mass is 9.96. The highest BCUT2D eigenvalue weighted by Gasteiger charge is 2.40. The number of hydrogen-bond donors (Lipinski definition) is 0. The Morgan fingerprint density at radius 1 is 0.957 bits per heavy atom. The van der Waals surface area contributed by atoms with E-state index in [0.717, 1.165) is 32.6 Å². The minimum absolute atomic E-state index is 0.233. The summed E-state index contributed by atoms with van der Waals surface area (Å²) in [5.41, 5.74) is 0. The van der Waals surface area contributed by atoms with Crippen LogP contribution < -0.4 is 0 Å². The summed E-state index contributed by atoms with van der Waals surface area (Å²) < 4.78 is 43.5. The van der Waals surface area contributed by atoms with Crippen molar-refractivity contribution < 1.29 is 17.9 Å². The normalized spacial score (nSPS) is 24.5. The molecule has 1 unspecified atom stereocenters. The van der Waals surface area contributed by atoms with Gasteiger partial charge in [0.1, 0.15) is 0 Å². The van der Waals surface area contributed by atoms with E-state index in [-0.39, 0.29) is 12.8 Å². The van der Waals surface area contributed by atoms with E-state index in [1.165, 1.54) is 6.42 Å². The number of alkyl halides is 3. The molecule has 0 aromatic carbocycles. The van der Waals surface area contributed by atoms with Gasteiger partial charge in [-0.1, -0.05) is 27.2 Å². The number of nitrogens with zero attached hydrogens (tertiary/aromatic N) is 2. The van der Waals surface area contributed by atoms with Crippen molar-refractivity contribution in [1.29, 1.82) is 0 Å². The van der Waals surface area contributed by atoms with Gasteiger partial charge in [0.25, 0.3) is 0 Å². The van der Waals surface area contributed by atoms with Gasteiger partial charge >= 0.3 is 6.18 Å². The highest BCUT2D eigenvalue weighted by Crippen LogP contribution is 2.33. The Morgan fingerprint density at radius 2 is 1.52 bits per heavy atom. The van der Waals surface area contributed by atoms with Crippen LogP contribution in [-0.4, -0.2) is 68.0 Å². The molecule has 2 heterocycles. The van der Waals surface area contributed by atoms with Gasteiger partial charge in [-0.15, -0.1) is 0 Å². The summed E-state index contributed by atoms with van der Waals surface area (Å²) in [5, 5.41) is 0. The second-order valence-electron chi connectivity index (χ2n) is 6.54. The summed E-state index contributed by atoms with van der Waals surface area (Å²) in [4.78, 5) is 4.45. The predicted octanol–water partition coefficient (Wildman–Crippen LogP) is 3.79. The van der Waals surface area contributed by atoms with E-state index in [1.54, 1.807) is 0 Å². The number of piperidine rings is 1. The van der Waals surface area contributed by atoms with E-state index in [0.29, 0.717) is 25.8 Å². The van der Waals surface area contributed by atoms with Crippen molar-refractivity contribution in [2.75, 3.05) is 45.9 Å². The van der Waals surface area contributed by atoms with Gasteiger partial charge in [-0.2, -0.15) is 13.2 Å².